The minimum absolute atomic E-state index is 0.616. The monoisotopic (exact) mass is 163 g/mol. The fraction of sp³-hybridized carbons (Fsp3) is 0.455. The van der Waals surface area contributed by atoms with E-state index in [-0.39, 0.29) is 0 Å². The standard InChI is InChI=1S/C11H17N/c1-8(2)9(3)10-4-6-11(12)7-5-10/h4-9H,12H2,1-3H3/t9-/m1/s1. The summed E-state index contributed by atoms with van der Waals surface area (Å²) in [7, 11) is 0. The molecule has 0 aliphatic rings. The van der Waals surface area contributed by atoms with E-state index in [4.69, 9.17) is 5.73 Å². The minimum Gasteiger partial charge on any atom is -0.399 e. The highest BCUT2D eigenvalue weighted by molar-refractivity contribution is 5.40. The van der Waals surface area contributed by atoms with Crippen molar-refractivity contribution in [2.24, 2.45) is 5.92 Å². The summed E-state index contributed by atoms with van der Waals surface area (Å²) in [5, 5.41) is 0. The van der Waals surface area contributed by atoms with E-state index in [9.17, 15) is 0 Å². The van der Waals surface area contributed by atoms with Gasteiger partial charge in [0.1, 0.15) is 0 Å². The van der Waals surface area contributed by atoms with Gasteiger partial charge in [0.2, 0.25) is 0 Å². The molecule has 0 aliphatic heterocycles. The molecule has 0 saturated heterocycles. The van der Waals surface area contributed by atoms with Crippen molar-refractivity contribution in [3.8, 4) is 0 Å². The third-order valence-corrected chi connectivity index (χ3v) is 2.46. The highest BCUT2D eigenvalue weighted by Gasteiger charge is 2.08. The summed E-state index contributed by atoms with van der Waals surface area (Å²) in [4.78, 5) is 0. The second kappa shape index (κ2) is 3.61. The van der Waals surface area contributed by atoms with Crippen LogP contribution in [0.1, 0.15) is 32.3 Å². The zero-order chi connectivity index (χ0) is 9.14. The molecule has 12 heavy (non-hydrogen) atoms. The van der Waals surface area contributed by atoms with Crippen LogP contribution in [0.2, 0.25) is 0 Å². The summed E-state index contributed by atoms with van der Waals surface area (Å²) in [6.45, 7) is 6.72. The Balaban J connectivity index is 2.82. The molecular formula is C11H17N. The van der Waals surface area contributed by atoms with Gasteiger partial charge in [-0.1, -0.05) is 32.9 Å². The fourth-order valence-corrected chi connectivity index (χ4v) is 1.18. The number of nitrogens with two attached hydrogens (primary N) is 1. The Kier molecular flexibility index (Phi) is 2.74. The molecule has 0 spiro atoms. The number of anilines is 1. The molecule has 0 saturated carbocycles. The third-order valence-electron chi connectivity index (χ3n) is 2.46. The lowest BCUT2D eigenvalue weighted by atomic mass is 9.90. The molecule has 0 radical (unpaired) electrons. The largest absolute Gasteiger partial charge is 0.399 e. The summed E-state index contributed by atoms with van der Waals surface area (Å²) < 4.78 is 0. The Labute approximate surface area is 74.6 Å². The van der Waals surface area contributed by atoms with Crippen LogP contribution in [0.5, 0.6) is 0 Å². The molecule has 0 bridgehead atoms. The molecule has 0 aliphatic carbocycles. The molecule has 0 aromatic heterocycles. The smallest absolute Gasteiger partial charge is 0.0314 e. The number of benzene rings is 1. The Morgan fingerprint density at radius 3 is 1.92 bits per heavy atom. The van der Waals surface area contributed by atoms with Gasteiger partial charge >= 0.3 is 0 Å². The predicted octanol–water partition coefficient (Wildman–Crippen LogP) is 3.03. The first-order valence-electron chi connectivity index (χ1n) is 4.46. The van der Waals surface area contributed by atoms with Crippen LogP contribution in [0.4, 0.5) is 5.69 Å². The van der Waals surface area contributed by atoms with Crippen LogP contribution >= 0.6 is 0 Å². The lowest BCUT2D eigenvalue weighted by Gasteiger charge is -2.15. The molecule has 0 fully saturated rings. The van der Waals surface area contributed by atoms with Crippen molar-refractivity contribution < 1.29 is 0 Å². The van der Waals surface area contributed by atoms with Gasteiger partial charge in [0.15, 0.2) is 0 Å². The molecule has 0 heterocycles. The zero-order valence-corrected chi connectivity index (χ0v) is 8.04. The summed E-state index contributed by atoms with van der Waals surface area (Å²) in [5.41, 5.74) is 7.82. The maximum Gasteiger partial charge on any atom is 0.0314 e. The van der Waals surface area contributed by atoms with Gasteiger partial charge in [0.25, 0.3) is 0 Å². The van der Waals surface area contributed by atoms with Crippen LogP contribution < -0.4 is 5.73 Å². The Morgan fingerprint density at radius 1 is 1.00 bits per heavy atom. The quantitative estimate of drug-likeness (QED) is 0.666. The SMILES string of the molecule is CC(C)[C@@H](C)c1ccc(N)cc1. The lowest BCUT2D eigenvalue weighted by Crippen LogP contribution is -2.01. The molecule has 1 aromatic carbocycles. The summed E-state index contributed by atoms with van der Waals surface area (Å²) in [6, 6.07) is 8.16. The van der Waals surface area contributed by atoms with Gasteiger partial charge in [-0.3, -0.25) is 0 Å². The fourth-order valence-electron chi connectivity index (χ4n) is 1.18. The van der Waals surface area contributed by atoms with Crippen molar-refractivity contribution in [1.82, 2.24) is 0 Å². The van der Waals surface area contributed by atoms with Crippen molar-refractivity contribution >= 4 is 5.69 Å². The average molecular weight is 163 g/mol. The summed E-state index contributed by atoms with van der Waals surface area (Å²) in [5.74, 6) is 1.30. The van der Waals surface area contributed by atoms with Gasteiger partial charge in [-0.25, -0.2) is 0 Å². The highest BCUT2D eigenvalue weighted by Crippen LogP contribution is 2.23. The maximum absolute atomic E-state index is 5.60. The maximum atomic E-state index is 5.60. The van der Waals surface area contributed by atoms with Gasteiger partial charge in [-0.2, -0.15) is 0 Å². The number of hydrogen-bond acceptors (Lipinski definition) is 1. The molecule has 1 heteroatoms. The second-order valence-electron chi connectivity index (χ2n) is 3.70. The first kappa shape index (κ1) is 9.11. The van der Waals surface area contributed by atoms with E-state index in [0.29, 0.717) is 11.8 Å². The lowest BCUT2D eigenvalue weighted by molar-refractivity contribution is 0.535. The van der Waals surface area contributed by atoms with E-state index in [1.54, 1.807) is 0 Å². The van der Waals surface area contributed by atoms with Crippen molar-refractivity contribution in [2.75, 3.05) is 5.73 Å². The van der Waals surface area contributed by atoms with Crippen molar-refractivity contribution in [3.63, 3.8) is 0 Å². The van der Waals surface area contributed by atoms with Crippen LogP contribution in [0, 0.1) is 5.92 Å². The van der Waals surface area contributed by atoms with E-state index in [2.05, 4.69) is 32.9 Å². The van der Waals surface area contributed by atoms with Crippen molar-refractivity contribution in [2.45, 2.75) is 26.7 Å². The molecule has 1 aromatic rings. The Morgan fingerprint density at radius 2 is 1.50 bits per heavy atom. The third kappa shape index (κ3) is 2.00. The minimum atomic E-state index is 0.616. The van der Waals surface area contributed by atoms with Crippen molar-refractivity contribution in [1.29, 1.82) is 0 Å². The van der Waals surface area contributed by atoms with Crippen molar-refractivity contribution in [3.05, 3.63) is 29.8 Å². The van der Waals surface area contributed by atoms with E-state index < -0.39 is 0 Å². The average Bonchev–Trinajstić information content (AvgIpc) is 2.04. The van der Waals surface area contributed by atoms with Gasteiger partial charge in [0, 0.05) is 5.69 Å². The van der Waals surface area contributed by atoms with E-state index in [1.165, 1.54) is 5.56 Å². The van der Waals surface area contributed by atoms with Crippen LogP contribution in [0.15, 0.2) is 24.3 Å². The molecule has 1 rings (SSSR count). The van der Waals surface area contributed by atoms with Crippen LogP contribution in [0.3, 0.4) is 0 Å². The van der Waals surface area contributed by atoms with Gasteiger partial charge < -0.3 is 5.73 Å². The Bertz CT molecular complexity index is 236. The van der Waals surface area contributed by atoms with Crippen LogP contribution in [-0.4, -0.2) is 0 Å². The predicted molar refractivity (Wildman–Crippen MR) is 54.1 cm³/mol. The van der Waals surface area contributed by atoms with Crippen LogP contribution in [-0.2, 0) is 0 Å². The topological polar surface area (TPSA) is 26.0 Å². The van der Waals surface area contributed by atoms with E-state index in [0.717, 1.165) is 5.69 Å². The van der Waals surface area contributed by atoms with Gasteiger partial charge in [-0.15, -0.1) is 0 Å². The molecule has 1 nitrogen and oxygen atoms in total. The first-order chi connectivity index (χ1) is 5.61. The normalized spacial score (nSPS) is 13.3. The molecule has 0 unspecified atom stereocenters. The summed E-state index contributed by atoms with van der Waals surface area (Å²) >= 11 is 0. The number of hydrogen-bond donors (Lipinski definition) is 1. The number of nitrogen functional groups attached to an aromatic ring is 1. The highest BCUT2D eigenvalue weighted by atomic mass is 14.5. The molecule has 66 valence electrons. The zero-order valence-electron chi connectivity index (χ0n) is 8.04. The molecule has 1 atom stereocenters. The second-order valence-corrected chi connectivity index (χ2v) is 3.70. The first-order valence-corrected chi connectivity index (χ1v) is 4.46. The molecule has 2 N–H and O–H groups in total. The molecular weight excluding hydrogens is 146 g/mol. The summed E-state index contributed by atoms with van der Waals surface area (Å²) in [6.07, 6.45) is 0. The van der Waals surface area contributed by atoms with Crippen LogP contribution in [0.25, 0.3) is 0 Å². The van der Waals surface area contributed by atoms with Gasteiger partial charge in [0.05, 0.1) is 0 Å². The Hall–Kier alpha value is -0.980. The van der Waals surface area contributed by atoms with E-state index >= 15 is 0 Å². The number of rotatable bonds is 2. The molecule has 0 amide bonds. The van der Waals surface area contributed by atoms with E-state index in [1.807, 2.05) is 12.1 Å². The van der Waals surface area contributed by atoms with Gasteiger partial charge in [-0.05, 0) is 29.5 Å².